The van der Waals surface area contributed by atoms with Gasteiger partial charge in [0.05, 0.1) is 33.6 Å². The summed E-state index contributed by atoms with van der Waals surface area (Å²) >= 11 is 0. The molecule has 11 rings (SSSR count). The number of hydrogen-bond donors (Lipinski definition) is 0. The van der Waals surface area contributed by atoms with E-state index >= 15 is 0 Å². The van der Waals surface area contributed by atoms with Crippen molar-refractivity contribution in [3.63, 3.8) is 0 Å². The Kier molecular flexibility index (Phi) is 11.9. The SMILES string of the molecule is CC(C)(C)c1ccc(C2=C3C=C(C=O)C(=N3)C(c3ccc(C(C)(C)C)cc3)=c3ccc([n-]3)=c3c4c(c(-c5ccccc5)c5cc(C(C)(C)C)ccc35)C(OC(=O)c3ccccc3)=C(N=4)c3ccc2[n-]3)cc1.[Ni+2]. The zero-order chi connectivity index (χ0) is 49.6. The first-order valence-electron chi connectivity index (χ1n) is 24.3. The first-order valence-corrected chi connectivity index (χ1v) is 24.3. The zero-order valence-electron chi connectivity index (χ0n) is 41.9. The number of benzene rings is 6. The van der Waals surface area contributed by atoms with E-state index in [1.807, 2.05) is 66.7 Å². The molecule has 0 saturated carbocycles. The van der Waals surface area contributed by atoms with Gasteiger partial charge in [-0.05, 0) is 101 Å². The van der Waals surface area contributed by atoms with Crippen molar-refractivity contribution in [3.05, 3.63) is 241 Å². The second kappa shape index (κ2) is 17.9. The monoisotopic (exact) mass is 984 g/mol. The van der Waals surface area contributed by atoms with Crippen LogP contribution in [0.5, 0.6) is 0 Å². The van der Waals surface area contributed by atoms with Crippen LogP contribution in [-0.2, 0) is 42.3 Å². The number of fused-ring (bicyclic) bond motifs is 9. The van der Waals surface area contributed by atoms with Crippen LogP contribution in [0.3, 0.4) is 0 Å². The topological polar surface area (TPSA) is 96.3 Å². The summed E-state index contributed by atoms with van der Waals surface area (Å²) in [6, 6.07) is 50.9. The van der Waals surface area contributed by atoms with Crippen LogP contribution in [0.2, 0.25) is 0 Å². The van der Waals surface area contributed by atoms with E-state index < -0.39 is 5.97 Å². The number of carbonyl (C=O) groups is 2. The van der Waals surface area contributed by atoms with Crippen molar-refractivity contribution in [2.24, 2.45) is 9.98 Å². The number of hydrogen-bond acceptors (Lipinski definition) is 5. The minimum atomic E-state index is -0.516. The van der Waals surface area contributed by atoms with Gasteiger partial charge in [-0.1, -0.05) is 196 Å². The van der Waals surface area contributed by atoms with Gasteiger partial charge in [-0.25, -0.2) is 14.8 Å². The number of allylic oxidation sites excluding steroid dienone is 2. The normalized spacial score (nSPS) is 14.3. The number of carbonyl (C=O) groups excluding carboxylic acids is 2. The Morgan fingerprint density at radius 1 is 0.542 bits per heavy atom. The number of aldehydes is 1. The van der Waals surface area contributed by atoms with Gasteiger partial charge in [0.15, 0.2) is 12.0 Å². The average Bonchev–Trinajstić information content (AvgIpc) is 4.18. The number of nitrogens with zero attached hydrogens (tertiary/aromatic N) is 4. The molecule has 3 aliphatic rings. The summed E-state index contributed by atoms with van der Waals surface area (Å²) < 4.78 is 6.74. The molecule has 0 aliphatic carbocycles. The molecule has 5 heterocycles. The first-order chi connectivity index (χ1) is 34.0. The third-order valence-corrected chi connectivity index (χ3v) is 13.9. The van der Waals surface area contributed by atoms with E-state index in [1.54, 1.807) is 12.1 Å². The summed E-state index contributed by atoms with van der Waals surface area (Å²) in [7, 11) is 0. The molecule has 0 amide bonds. The quantitative estimate of drug-likeness (QED) is 0.0939. The van der Waals surface area contributed by atoms with Gasteiger partial charge in [0.2, 0.25) is 0 Å². The Morgan fingerprint density at radius 3 is 1.72 bits per heavy atom. The van der Waals surface area contributed by atoms with Gasteiger partial charge in [-0.15, -0.1) is 22.1 Å². The van der Waals surface area contributed by atoms with E-state index in [1.165, 1.54) is 11.1 Å². The second-order valence-corrected chi connectivity index (χ2v) is 21.8. The van der Waals surface area contributed by atoms with Crippen LogP contribution in [0.25, 0.3) is 44.5 Å². The van der Waals surface area contributed by atoms with Crippen LogP contribution >= 0.6 is 0 Å². The van der Waals surface area contributed by atoms with E-state index in [2.05, 4.69) is 141 Å². The fourth-order valence-electron chi connectivity index (χ4n) is 9.95. The third kappa shape index (κ3) is 8.37. The van der Waals surface area contributed by atoms with Crippen LogP contribution in [0.1, 0.15) is 117 Å². The molecule has 72 heavy (non-hydrogen) atoms. The maximum absolute atomic E-state index is 14.5. The van der Waals surface area contributed by atoms with Crippen LogP contribution in [0, 0.1) is 10.6 Å². The number of rotatable bonds is 6. The van der Waals surface area contributed by atoms with Crippen molar-refractivity contribution in [2.75, 3.05) is 0 Å². The van der Waals surface area contributed by atoms with Gasteiger partial charge < -0.3 is 14.7 Å². The van der Waals surface area contributed by atoms with Crippen LogP contribution in [-0.4, -0.2) is 18.0 Å². The Balaban J connectivity index is 0.00000596. The molecule has 2 aromatic heterocycles. The minimum Gasteiger partial charge on any atom is -0.657 e. The smallest absolute Gasteiger partial charge is 0.657 e. The summed E-state index contributed by atoms with van der Waals surface area (Å²) in [4.78, 5) is 49.9. The second-order valence-electron chi connectivity index (χ2n) is 21.8. The summed E-state index contributed by atoms with van der Waals surface area (Å²) in [5.74, 6) is -0.210. The molecule has 0 saturated heterocycles. The zero-order valence-corrected chi connectivity index (χ0v) is 42.9. The van der Waals surface area contributed by atoms with E-state index in [4.69, 9.17) is 24.7 Å². The largest absolute Gasteiger partial charge is 2.00 e. The Hall–Kier alpha value is -7.67. The Labute approximate surface area is 430 Å². The molecule has 0 unspecified atom stereocenters. The third-order valence-electron chi connectivity index (χ3n) is 13.9. The van der Waals surface area contributed by atoms with E-state index in [0.717, 1.165) is 61.2 Å². The van der Waals surface area contributed by atoms with E-state index in [-0.39, 0.29) is 32.7 Å². The fourth-order valence-corrected chi connectivity index (χ4v) is 9.95. The van der Waals surface area contributed by atoms with Crippen molar-refractivity contribution in [1.82, 2.24) is 9.97 Å². The summed E-state index contributed by atoms with van der Waals surface area (Å²) in [6.07, 6.45) is 2.75. The Morgan fingerprint density at radius 2 is 1.11 bits per heavy atom. The molecule has 7 nitrogen and oxygen atoms in total. The van der Waals surface area contributed by atoms with E-state index in [0.29, 0.717) is 67.0 Å². The van der Waals surface area contributed by atoms with Crippen LogP contribution < -0.4 is 20.7 Å². The van der Waals surface area contributed by atoms with Crippen molar-refractivity contribution in [2.45, 2.75) is 78.6 Å². The van der Waals surface area contributed by atoms with Crippen LogP contribution in [0.4, 0.5) is 0 Å². The number of ether oxygens (including phenoxy) is 1. The molecular formula is C64H54N4NiO3. The summed E-state index contributed by atoms with van der Waals surface area (Å²) in [6.45, 7) is 19.8. The van der Waals surface area contributed by atoms with Crippen molar-refractivity contribution >= 4 is 51.3 Å². The Bertz CT molecular complexity index is 3890. The summed E-state index contributed by atoms with van der Waals surface area (Å²) in [5, 5.41) is 4.63. The van der Waals surface area contributed by atoms with Crippen molar-refractivity contribution in [3.8, 4) is 11.1 Å². The molecule has 0 radical (unpaired) electrons. The molecule has 8 bridgehead atoms. The predicted molar refractivity (Wildman–Crippen MR) is 285 cm³/mol. The van der Waals surface area contributed by atoms with Gasteiger partial charge in [0.25, 0.3) is 0 Å². The minimum absolute atomic E-state index is 0. The molecule has 0 atom stereocenters. The number of aromatic nitrogens is 2. The molecule has 0 spiro atoms. The van der Waals surface area contributed by atoms with Crippen LogP contribution in [0.15, 0.2) is 179 Å². The average molecular weight is 986 g/mol. The van der Waals surface area contributed by atoms with E-state index in [9.17, 15) is 9.59 Å². The van der Waals surface area contributed by atoms with Gasteiger partial charge >= 0.3 is 22.5 Å². The molecule has 8 aromatic rings. The molecule has 0 N–H and O–H groups in total. The van der Waals surface area contributed by atoms with Crippen molar-refractivity contribution < 1.29 is 30.8 Å². The summed E-state index contributed by atoms with van der Waals surface area (Å²) in [5.41, 5.74) is 12.4. The first kappa shape index (κ1) is 48.0. The fraction of sp³-hybridized carbons (Fsp3) is 0.188. The standard InChI is InChI=1S/C64H55N4O3.Ni/c1-62(2,3)42-24-20-38(21-25-42)53-47-32-33-50(66-47)58-60(71-61(70)40-18-14-11-15-19-40)56-52(37-16-12-10-13-17-37)46-35-44(64(7,8)9)28-29-45(46)55(59(56)68-58)49-31-30-48(65-49)54(57-41(36-69)34-51(53)67-57)39-22-26-43(27-23-39)63(4,5)6;/h10-36H,1-9H3,(H-,65,66,67,68,69);/q-1;+2/p-1. The molecular weight excluding hydrogens is 931 g/mol. The predicted octanol–water partition coefficient (Wildman–Crippen LogP) is 12.5. The van der Waals surface area contributed by atoms with Gasteiger partial charge in [0.1, 0.15) is 0 Å². The van der Waals surface area contributed by atoms with Gasteiger partial charge in [-0.2, -0.15) is 0 Å². The number of aliphatic imine (C=N–C) groups is 1. The number of esters is 1. The molecule has 358 valence electrons. The maximum Gasteiger partial charge on any atom is 2.00 e. The van der Waals surface area contributed by atoms with Gasteiger partial charge in [0, 0.05) is 11.1 Å². The molecule has 6 aromatic carbocycles. The molecule has 3 aliphatic heterocycles. The molecule has 0 fully saturated rings. The van der Waals surface area contributed by atoms with Gasteiger partial charge in [-0.3, -0.25) is 4.79 Å². The maximum atomic E-state index is 14.5. The van der Waals surface area contributed by atoms with Crippen molar-refractivity contribution in [1.29, 1.82) is 0 Å². The molecule has 8 heteroatoms.